The first-order valence-corrected chi connectivity index (χ1v) is 12.6. The van der Waals surface area contributed by atoms with Crippen LogP contribution < -0.4 is 10.1 Å². The van der Waals surface area contributed by atoms with Gasteiger partial charge in [0, 0.05) is 18.3 Å². The second-order valence-corrected chi connectivity index (χ2v) is 10.1. The monoisotopic (exact) mass is 516 g/mol. The molecule has 1 aromatic heterocycles. The van der Waals surface area contributed by atoms with Crippen LogP contribution in [-0.2, 0) is 25.6 Å². The van der Waals surface area contributed by atoms with Crippen molar-refractivity contribution < 1.29 is 23.8 Å². The van der Waals surface area contributed by atoms with Crippen molar-refractivity contribution in [3.05, 3.63) is 53.4 Å². The number of rotatable bonds is 10. The second-order valence-electron chi connectivity index (χ2n) is 9.74. The van der Waals surface area contributed by atoms with Crippen molar-refractivity contribution in [2.24, 2.45) is 5.92 Å². The molecule has 2 aromatic rings. The van der Waals surface area contributed by atoms with Crippen LogP contribution in [0.4, 0.5) is 5.82 Å². The Morgan fingerprint density at radius 1 is 1.33 bits per heavy atom. The zero-order valence-corrected chi connectivity index (χ0v) is 21.8. The molecule has 1 unspecified atom stereocenters. The van der Waals surface area contributed by atoms with E-state index in [0.717, 1.165) is 6.42 Å². The maximum atomic E-state index is 13.4. The Kier molecular flexibility index (Phi) is 8.02. The molecule has 3 heterocycles. The molecule has 0 bridgehead atoms. The van der Waals surface area contributed by atoms with E-state index in [0.29, 0.717) is 41.9 Å². The highest BCUT2D eigenvalue weighted by molar-refractivity contribution is 6.32. The zero-order valence-electron chi connectivity index (χ0n) is 21.1. The molecule has 1 fully saturated rings. The normalized spacial score (nSPS) is 20.8. The number of carbonyl (C=O) groups excluding carboxylic acids is 2. The third-order valence-electron chi connectivity index (χ3n) is 6.32. The Balaban J connectivity index is 1.41. The van der Waals surface area contributed by atoms with E-state index in [1.165, 1.54) is 11.0 Å². The van der Waals surface area contributed by atoms with Gasteiger partial charge in [-0.3, -0.25) is 14.3 Å². The number of nitrogens with one attached hydrogen (secondary N) is 1. The Labute approximate surface area is 216 Å². The highest BCUT2D eigenvalue weighted by Gasteiger charge is 2.36. The Morgan fingerprint density at radius 3 is 2.81 bits per heavy atom. The number of carbonyl (C=O) groups is 2. The summed E-state index contributed by atoms with van der Waals surface area (Å²) in [4.78, 5) is 27.8. The quantitative estimate of drug-likeness (QED) is 0.507. The summed E-state index contributed by atoms with van der Waals surface area (Å²) in [5.74, 6) is 0.398. The van der Waals surface area contributed by atoms with Gasteiger partial charge in [0.2, 0.25) is 5.91 Å². The largest absolute Gasteiger partial charge is 0.458 e. The molecule has 0 aliphatic carbocycles. The number of aromatic nitrogens is 2. The van der Waals surface area contributed by atoms with Gasteiger partial charge in [-0.1, -0.05) is 44.0 Å². The third kappa shape index (κ3) is 6.46. The van der Waals surface area contributed by atoms with Crippen molar-refractivity contribution in [3.63, 3.8) is 0 Å². The molecule has 1 N–H and O–H groups in total. The highest BCUT2D eigenvalue weighted by Crippen LogP contribution is 2.28. The number of amides is 2. The van der Waals surface area contributed by atoms with Crippen LogP contribution in [0.25, 0.3) is 0 Å². The van der Waals surface area contributed by atoms with Crippen LogP contribution in [-0.4, -0.2) is 57.6 Å². The van der Waals surface area contributed by atoms with Gasteiger partial charge in [0.1, 0.15) is 23.7 Å². The van der Waals surface area contributed by atoms with E-state index in [2.05, 4.69) is 24.3 Å². The Bertz CT molecular complexity index is 1130. The van der Waals surface area contributed by atoms with E-state index < -0.39 is 11.8 Å². The van der Waals surface area contributed by atoms with Crippen molar-refractivity contribution in [2.75, 3.05) is 18.5 Å². The number of benzene rings is 1. The van der Waals surface area contributed by atoms with Gasteiger partial charge < -0.3 is 24.4 Å². The number of ether oxygens (including phenoxy) is 3. The SMILES string of the molecule is CCC(C)C[C@@H](C(=O)Nc1ccn(C[C@@H]2COC(C)(C)O2)n1)N1CC(Oc2ccccc2Cl)=CC1=O. The second kappa shape index (κ2) is 11.0. The predicted octanol–water partition coefficient (Wildman–Crippen LogP) is 4.24. The Morgan fingerprint density at radius 2 is 2.11 bits per heavy atom. The highest BCUT2D eigenvalue weighted by atomic mass is 35.5. The first-order valence-electron chi connectivity index (χ1n) is 12.2. The van der Waals surface area contributed by atoms with Crippen LogP contribution in [0.15, 0.2) is 48.4 Å². The number of halogens is 1. The lowest BCUT2D eigenvalue weighted by Gasteiger charge is -2.28. The number of hydrogen-bond donors (Lipinski definition) is 1. The molecule has 9 nitrogen and oxygen atoms in total. The maximum Gasteiger partial charge on any atom is 0.251 e. The molecule has 0 spiro atoms. The zero-order chi connectivity index (χ0) is 25.9. The molecule has 10 heteroatoms. The molecule has 3 atom stereocenters. The fourth-order valence-corrected chi connectivity index (χ4v) is 4.41. The van der Waals surface area contributed by atoms with Crippen LogP contribution in [0, 0.1) is 5.92 Å². The van der Waals surface area contributed by atoms with Crippen molar-refractivity contribution in [1.29, 1.82) is 0 Å². The minimum absolute atomic E-state index is 0.119. The van der Waals surface area contributed by atoms with Crippen molar-refractivity contribution in [1.82, 2.24) is 14.7 Å². The summed E-state index contributed by atoms with van der Waals surface area (Å²) >= 11 is 6.20. The van der Waals surface area contributed by atoms with E-state index in [-0.39, 0.29) is 30.4 Å². The molecule has 2 aliphatic rings. The summed E-state index contributed by atoms with van der Waals surface area (Å²) in [6.45, 7) is 9.04. The number of hydrogen-bond acceptors (Lipinski definition) is 6. The van der Waals surface area contributed by atoms with Gasteiger partial charge in [0.25, 0.3) is 5.91 Å². The first-order chi connectivity index (χ1) is 17.1. The molecular weight excluding hydrogens is 484 g/mol. The molecule has 4 rings (SSSR count). The van der Waals surface area contributed by atoms with Gasteiger partial charge >= 0.3 is 0 Å². The fourth-order valence-electron chi connectivity index (χ4n) is 4.23. The van der Waals surface area contributed by atoms with Crippen LogP contribution in [0.2, 0.25) is 5.02 Å². The molecule has 1 saturated heterocycles. The van der Waals surface area contributed by atoms with Crippen molar-refractivity contribution in [2.45, 2.75) is 65.0 Å². The van der Waals surface area contributed by atoms with Gasteiger partial charge in [-0.05, 0) is 38.3 Å². The standard InChI is InChI=1S/C26H33ClN4O5/c1-5-17(2)12-21(31-15-18(13-24(31)32)35-22-9-7-6-8-20(22)27)25(33)28-23-10-11-30(29-23)14-19-16-34-26(3,4)36-19/h6-11,13,17,19,21H,5,12,14-16H2,1-4H3,(H,28,29,33)/t17?,19-,21+/m1/s1. The van der Waals surface area contributed by atoms with Gasteiger partial charge in [0.15, 0.2) is 11.6 Å². The van der Waals surface area contributed by atoms with Crippen LogP contribution in [0.3, 0.4) is 0 Å². The molecule has 0 saturated carbocycles. The van der Waals surface area contributed by atoms with E-state index >= 15 is 0 Å². The molecule has 0 radical (unpaired) electrons. The van der Waals surface area contributed by atoms with Crippen LogP contribution in [0.5, 0.6) is 5.75 Å². The minimum atomic E-state index is -0.673. The van der Waals surface area contributed by atoms with Crippen molar-refractivity contribution in [3.8, 4) is 5.75 Å². The van der Waals surface area contributed by atoms with Gasteiger partial charge in [-0.15, -0.1) is 0 Å². The molecular formula is C26H33ClN4O5. The lowest BCUT2D eigenvalue weighted by Crippen LogP contribution is -2.46. The summed E-state index contributed by atoms with van der Waals surface area (Å²) in [6, 6.07) is 8.13. The van der Waals surface area contributed by atoms with E-state index in [9.17, 15) is 9.59 Å². The molecule has 1 aromatic carbocycles. The van der Waals surface area contributed by atoms with Crippen LogP contribution >= 0.6 is 11.6 Å². The Hall–Kier alpha value is -2.88. The summed E-state index contributed by atoms with van der Waals surface area (Å²) in [5, 5.41) is 7.80. The molecule has 36 heavy (non-hydrogen) atoms. The molecule has 194 valence electrons. The average molecular weight is 517 g/mol. The number of nitrogens with zero attached hydrogens (tertiary/aromatic N) is 3. The van der Waals surface area contributed by atoms with E-state index in [4.69, 9.17) is 25.8 Å². The van der Waals surface area contributed by atoms with Gasteiger partial charge in [-0.25, -0.2) is 0 Å². The maximum absolute atomic E-state index is 13.4. The first kappa shape index (κ1) is 26.2. The molecule has 2 aliphatic heterocycles. The topological polar surface area (TPSA) is 94.9 Å². The lowest BCUT2D eigenvalue weighted by atomic mass is 9.97. The number of para-hydroxylation sites is 1. The average Bonchev–Trinajstić information content (AvgIpc) is 3.52. The summed E-state index contributed by atoms with van der Waals surface area (Å²) in [5.41, 5.74) is 0. The minimum Gasteiger partial charge on any atom is -0.458 e. The summed E-state index contributed by atoms with van der Waals surface area (Å²) in [7, 11) is 0. The smallest absolute Gasteiger partial charge is 0.251 e. The van der Waals surface area contributed by atoms with Crippen molar-refractivity contribution >= 4 is 29.2 Å². The predicted molar refractivity (Wildman–Crippen MR) is 135 cm³/mol. The third-order valence-corrected chi connectivity index (χ3v) is 6.64. The number of anilines is 1. The fraction of sp³-hybridized carbons (Fsp3) is 0.500. The van der Waals surface area contributed by atoms with Crippen LogP contribution in [0.1, 0.15) is 40.5 Å². The lowest BCUT2D eigenvalue weighted by molar-refractivity contribution is -0.139. The summed E-state index contributed by atoms with van der Waals surface area (Å²) in [6.07, 6.45) is 4.49. The van der Waals surface area contributed by atoms with Gasteiger partial charge in [-0.2, -0.15) is 5.10 Å². The molecule has 2 amide bonds. The van der Waals surface area contributed by atoms with E-state index in [1.807, 2.05) is 13.8 Å². The summed E-state index contributed by atoms with van der Waals surface area (Å²) < 4.78 is 19.0. The van der Waals surface area contributed by atoms with Gasteiger partial charge in [0.05, 0.1) is 24.7 Å². The van der Waals surface area contributed by atoms with E-state index in [1.54, 1.807) is 41.2 Å².